The lowest BCUT2D eigenvalue weighted by molar-refractivity contribution is -0.112. The molecule has 3 aromatic carbocycles. The first-order chi connectivity index (χ1) is 12.7. The monoisotopic (exact) mass is 344 g/mol. The summed E-state index contributed by atoms with van der Waals surface area (Å²) in [5.74, 6) is 2.25. The number of benzene rings is 3. The van der Waals surface area contributed by atoms with E-state index in [0.29, 0.717) is 12.4 Å². The van der Waals surface area contributed by atoms with Gasteiger partial charge in [-0.05, 0) is 60.5 Å². The molecule has 3 aromatic rings. The minimum Gasteiger partial charge on any atom is -0.489 e. The summed E-state index contributed by atoms with van der Waals surface area (Å²) in [4.78, 5) is 11.0. The highest BCUT2D eigenvalue weighted by Crippen LogP contribution is 2.25. The second kappa shape index (κ2) is 8.67. The van der Waals surface area contributed by atoms with Crippen molar-refractivity contribution in [1.29, 1.82) is 0 Å². The summed E-state index contributed by atoms with van der Waals surface area (Å²) in [6.45, 7) is 2.06. The van der Waals surface area contributed by atoms with Gasteiger partial charge in [-0.3, -0.25) is 4.79 Å². The van der Waals surface area contributed by atoms with E-state index in [1.165, 1.54) is 13.0 Å². The van der Waals surface area contributed by atoms with Crippen LogP contribution in [0.15, 0.2) is 84.9 Å². The van der Waals surface area contributed by atoms with Gasteiger partial charge in [0.1, 0.15) is 23.9 Å². The number of carbonyl (C=O) groups excluding carboxylic acids is 1. The second-order valence-electron chi connectivity index (χ2n) is 5.86. The molecule has 0 N–H and O–H groups in total. The largest absolute Gasteiger partial charge is 0.489 e. The third-order valence-electron chi connectivity index (χ3n) is 3.68. The first-order valence-corrected chi connectivity index (χ1v) is 8.42. The van der Waals surface area contributed by atoms with Crippen molar-refractivity contribution in [2.75, 3.05) is 0 Å². The van der Waals surface area contributed by atoms with E-state index in [4.69, 9.17) is 9.47 Å². The molecule has 0 saturated carbocycles. The molecule has 0 radical (unpaired) electrons. The Morgan fingerprint density at radius 2 is 1.58 bits per heavy atom. The van der Waals surface area contributed by atoms with Gasteiger partial charge in [-0.2, -0.15) is 0 Å². The molecule has 0 unspecified atom stereocenters. The second-order valence-corrected chi connectivity index (χ2v) is 5.86. The topological polar surface area (TPSA) is 35.5 Å². The van der Waals surface area contributed by atoms with Crippen molar-refractivity contribution in [2.45, 2.75) is 13.5 Å². The number of allylic oxidation sites excluding steroid dienone is 1. The van der Waals surface area contributed by atoms with E-state index in [1.54, 1.807) is 6.08 Å². The summed E-state index contributed by atoms with van der Waals surface area (Å²) < 4.78 is 11.6. The molecule has 26 heavy (non-hydrogen) atoms. The van der Waals surface area contributed by atoms with Crippen molar-refractivity contribution in [1.82, 2.24) is 0 Å². The Hall–Kier alpha value is -3.33. The maximum atomic E-state index is 11.0. The summed E-state index contributed by atoms with van der Waals surface area (Å²) in [6, 6.07) is 25.1. The highest BCUT2D eigenvalue weighted by molar-refractivity contribution is 5.91. The molecule has 3 nitrogen and oxygen atoms in total. The third kappa shape index (κ3) is 5.35. The maximum absolute atomic E-state index is 11.0. The van der Waals surface area contributed by atoms with Gasteiger partial charge in [-0.1, -0.05) is 48.5 Å². The lowest BCUT2D eigenvalue weighted by Gasteiger charge is -2.09. The molecule has 0 bridgehead atoms. The van der Waals surface area contributed by atoms with Gasteiger partial charge in [0.15, 0.2) is 5.78 Å². The van der Waals surface area contributed by atoms with Gasteiger partial charge >= 0.3 is 0 Å². The Labute approximate surface area is 153 Å². The molecule has 3 heteroatoms. The molecule has 0 aliphatic rings. The number of ether oxygens (including phenoxy) is 2. The van der Waals surface area contributed by atoms with Crippen molar-refractivity contribution in [3.8, 4) is 17.2 Å². The minimum absolute atomic E-state index is 0.0161. The molecular formula is C23H20O3. The molecule has 0 fully saturated rings. The van der Waals surface area contributed by atoms with E-state index in [-0.39, 0.29) is 5.78 Å². The van der Waals surface area contributed by atoms with Crippen molar-refractivity contribution >= 4 is 11.9 Å². The Morgan fingerprint density at radius 1 is 0.846 bits per heavy atom. The molecule has 0 amide bonds. The normalized spacial score (nSPS) is 10.7. The zero-order valence-electron chi connectivity index (χ0n) is 14.6. The maximum Gasteiger partial charge on any atom is 0.152 e. The molecule has 0 heterocycles. The first-order valence-electron chi connectivity index (χ1n) is 8.42. The SMILES string of the molecule is CC(=O)/C=C/c1cccc(Oc2ccc(OCc3ccccc3)cc2)c1. The number of rotatable bonds is 7. The number of carbonyl (C=O) groups is 1. The zero-order chi connectivity index (χ0) is 18.2. The van der Waals surface area contributed by atoms with Crippen LogP contribution in [0.5, 0.6) is 17.2 Å². The lowest BCUT2D eigenvalue weighted by Crippen LogP contribution is -1.94. The van der Waals surface area contributed by atoms with Crippen LogP contribution in [0.4, 0.5) is 0 Å². The highest BCUT2D eigenvalue weighted by atomic mass is 16.5. The van der Waals surface area contributed by atoms with Crippen LogP contribution in [0.1, 0.15) is 18.1 Å². The van der Waals surface area contributed by atoms with E-state index in [2.05, 4.69) is 0 Å². The van der Waals surface area contributed by atoms with Crippen LogP contribution in [0.2, 0.25) is 0 Å². The van der Waals surface area contributed by atoms with Crippen LogP contribution in [0, 0.1) is 0 Å². The van der Waals surface area contributed by atoms with E-state index < -0.39 is 0 Å². The fourth-order valence-electron chi connectivity index (χ4n) is 2.38. The summed E-state index contributed by atoms with van der Waals surface area (Å²) in [7, 11) is 0. The zero-order valence-corrected chi connectivity index (χ0v) is 14.6. The van der Waals surface area contributed by atoms with Crippen molar-refractivity contribution in [2.24, 2.45) is 0 Å². The van der Waals surface area contributed by atoms with Gasteiger partial charge in [0, 0.05) is 0 Å². The fourth-order valence-corrected chi connectivity index (χ4v) is 2.38. The Bertz CT molecular complexity index is 881. The van der Waals surface area contributed by atoms with E-state index in [9.17, 15) is 4.79 Å². The van der Waals surface area contributed by atoms with Gasteiger partial charge in [-0.25, -0.2) is 0 Å². The number of hydrogen-bond donors (Lipinski definition) is 0. The van der Waals surface area contributed by atoms with E-state index in [1.807, 2.05) is 78.9 Å². The van der Waals surface area contributed by atoms with Gasteiger partial charge in [0.2, 0.25) is 0 Å². The Morgan fingerprint density at radius 3 is 2.31 bits per heavy atom. The fraction of sp³-hybridized carbons (Fsp3) is 0.0870. The predicted octanol–water partition coefficient (Wildman–Crippen LogP) is 5.66. The van der Waals surface area contributed by atoms with Crippen LogP contribution in [-0.2, 0) is 11.4 Å². The first kappa shape index (κ1) is 17.5. The van der Waals surface area contributed by atoms with Crippen LogP contribution >= 0.6 is 0 Å². The summed E-state index contributed by atoms with van der Waals surface area (Å²) in [5, 5.41) is 0. The van der Waals surface area contributed by atoms with E-state index >= 15 is 0 Å². The highest BCUT2D eigenvalue weighted by Gasteiger charge is 2.00. The predicted molar refractivity (Wildman–Crippen MR) is 103 cm³/mol. The molecule has 0 aliphatic heterocycles. The van der Waals surface area contributed by atoms with Gasteiger partial charge in [0.05, 0.1) is 0 Å². The van der Waals surface area contributed by atoms with Gasteiger partial charge in [0.25, 0.3) is 0 Å². The number of ketones is 1. The molecule has 0 saturated heterocycles. The van der Waals surface area contributed by atoms with Crippen molar-refractivity contribution in [3.63, 3.8) is 0 Å². The van der Waals surface area contributed by atoms with Gasteiger partial charge in [-0.15, -0.1) is 0 Å². The Kier molecular flexibility index (Phi) is 5.84. The van der Waals surface area contributed by atoms with Crippen molar-refractivity contribution < 1.29 is 14.3 Å². The molecule has 0 spiro atoms. The van der Waals surface area contributed by atoms with Crippen LogP contribution in [0.3, 0.4) is 0 Å². The van der Waals surface area contributed by atoms with Crippen LogP contribution in [-0.4, -0.2) is 5.78 Å². The van der Waals surface area contributed by atoms with Crippen molar-refractivity contribution in [3.05, 3.63) is 96.1 Å². The molecule has 0 aliphatic carbocycles. The third-order valence-corrected chi connectivity index (χ3v) is 3.68. The molecular weight excluding hydrogens is 324 g/mol. The summed E-state index contributed by atoms with van der Waals surface area (Å²) >= 11 is 0. The average Bonchev–Trinajstić information content (AvgIpc) is 2.67. The smallest absolute Gasteiger partial charge is 0.152 e. The lowest BCUT2D eigenvalue weighted by atomic mass is 10.2. The molecule has 0 aromatic heterocycles. The quantitative estimate of drug-likeness (QED) is 0.519. The number of hydrogen-bond acceptors (Lipinski definition) is 3. The van der Waals surface area contributed by atoms with Crippen LogP contribution < -0.4 is 9.47 Å². The molecule has 0 atom stereocenters. The van der Waals surface area contributed by atoms with Crippen LogP contribution in [0.25, 0.3) is 6.08 Å². The summed E-state index contributed by atoms with van der Waals surface area (Å²) in [6.07, 6.45) is 3.31. The average molecular weight is 344 g/mol. The summed E-state index contributed by atoms with van der Waals surface area (Å²) in [5.41, 5.74) is 2.05. The molecule has 130 valence electrons. The molecule has 3 rings (SSSR count). The van der Waals surface area contributed by atoms with Gasteiger partial charge < -0.3 is 9.47 Å². The Balaban J connectivity index is 1.60. The standard InChI is InChI=1S/C23H20O3/c1-18(24)10-11-19-8-5-9-23(16-19)26-22-14-12-21(13-15-22)25-17-20-6-3-2-4-7-20/h2-16H,17H2,1H3/b11-10+. The minimum atomic E-state index is 0.0161. The van der Waals surface area contributed by atoms with E-state index in [0.717, 1.165) is 22.6 Å².